The van der Waals surface area contributed by atoms with Crippen molar-refractivity contribution in [2.24, 2.45) is 0 Å². The van der Waals surface area contributed by atoms with Crippen LogP contribution in [0.5, 0.6) is 11.5 Å². The summed E-state index contributed by atoms with van der Waals surface area (Å²) >= 11 is 0. The van der Waals surface area contributed by atoms with Gasteiger partial charge in [0.05, 0.1) is 6.61 Å². The molecule has 0 saturated heterocycles. The molecule has 0 aromatic heterocycles. The maximum absolute atomic E-state index is 5.89. The first kappa shape index (κ1) is 14.4. The van der Waals surface area contributed by atoms with Crippen molar-refractivity contribution in [1.82, 2.24) is 0 Å². The lowest BCUT2D eigenvalue weighted by molar-refractivity contribution is -0.300. The first-order valence-corrected chi connectivity index (χ1v) is 6.56. The van der Waals surface area contributed by atoms with Gasteiger partial charge in [-0.25, -0.2) is 9.78 Å². The molecule has 0 fully saturated rings. The number of nitrogen functional groups attached to an aromatic ring is 1. The molecule has 20 heavy (non-hydrogen) atoms. The van der Waals surface area contributed by atoms with Gasteiger partial charge in [-0.15, -0.1) is 0 Å². The highest BCUT2D eigenvalue weighted by Crippen LogP contribution is 2.25. The Labute approximate surface area is 119 Å². The van der Waals surface area contributed by atoms with Gasteiger partial charge in [-0.1, -0.05) is 17.7 Å². The summed E-state index contributed by atoms with van der Waals surface area (Å²) in [5.41, 5.74) is 8.58. The molecule has 0 atom stereocenters. The molecule has 2 rings (SSSR count). The number of rotatable bonds is 6. The Bertz CT molecular complexity index is 552. The number of hydrogen-bond donors (Lipinski definition) is 1. The van der Waals surface area contributed by atoms with Crippen LogP contribution in [-0.2, 0) is 16.4 Å². The van der Waals surface area contributed by atoms with E-state index in [1.807, 2.05) is 50.2 Å². The van der Waals surface area contributed by atoms with Crippen molar-refractivity contribution in [3.63, 3.8) is 0 Å². The molecule has 0 aliphatic carbocycles. The molecule has 4 nitrogen and oxygen atoms in total. The van der Waals surface area contributed by atoms with Gasteiger partial charge in [0, 0.05) is 11.3 Å². The van der Waals surface area contributed by atoms with Crippen molar-refractivity contribution in [3.05, 3.63) is 53.6 Å². The molecule has 0 aliphatic heterocycles. The minimum Gasteiger partial charge on any atom is -0.457 e. The Morgan fingerprint density at radius 2 is 1.65 bits per heavy atom. The Balaban J connectivity index is 2.08. The van der Waals surface area contributed by atoms with Crippen molar-refractivity contribution >= 4 is 5.69 Å². The Kier molecular flexibility index (Phi) is 4.98. The van der Waals surface area contributed by atoms with Gasteiger partial charge in [-0.05, 0) is 44.2 Å². The summed E-state index contributed by atoms with van der Waals surface area (Å²) in [7, 11) is 0. The third kappa shape index (κ3) is 3.98. The van der Waals surface area contributed by atoms with Crippen molar-refractivity contribution < 1.29 is 14.5 Å². The summed E-state index contributed by atoms with van der Waals surface area (Å²) in [4.78, 5) is 9.90. The largest absolute Gasteiger partial charge is 0.457 e. The van der Waals surface area contributed by atoms with E-state index < -0.39 is 0 Å². The number of nitrogens with two attached hydrogens (primary N) is 1. The zero-order chi connectivity index (χ0) is 14.4. The van der Waals surface area contributed by atoms with Crippen LogP contribution >= 0.6 is 0 Å². The second-order valence-electron chi connectivity index (χ2n) is 4.44. The molecule has 4 heteroatoms. The molecule has 2 aromatic carbocycles. The predicted molar refractivity (Wildman–Crippen MR) is 78.5 cm³/mol. The zero-order valence-electron chi connectivity index (χ0n) is 11.8. The maximum Gasteiger partial charge on any atom is 0.127 e. The van der Waals surface area contributed by atoms with Gasteiger partial charge < -0.3 is 10.5 Å². The molecule has 2 aromatic rings. The van der Waals surface area contributed by atoms with E-state index in [9.17, 15) is 0 Å². The molecule has 0 heterocycles. The monoisotopic (exact) mass is 273 g/mol. The molecule has 0 saturated carbocycles. The van der Waals surface area contributed by atoms with Crippen LogP contribution in [0.25, 0.3) is 0 Å². The third-order valence-electron chi connectivity index (χ3n) is 2.79. The normalized spacial score (nSPS) is 10.5. The van der Waals surface area contributed by atoms with Gasteiger partial charge in [-0.3, -0.25) is 0 Å². The van der Waals surface area contributed by atoms with E-state index in [4.69, 9.17) is 20.2 Å². The second-order valence-corrected chi connectivity index (χ2v) is 4.44. The molecular formula is C16H19NO3. The van der Waals surface area contributed by atoms with E-state index in [1.54, 1.807) is 6.07 Å². The third-order valence-corrected chi connectivity index (χ3v) is 2.79. The van der Waals surface area contributed by atoms with Crippen LogP contribution in [-0.4, -0.2) is 6.61 Å². The van der Waals surface area contributed by atoms with Gasteiger partial charge >= 0.3 is 0 Å². The summed E-state index contributed by atoms with van der Waals surface area (Å²) in [5.74, 6) is 1.51. The van der Waals surface area contributed by atoms with Crippen LogP contribution < -0.4 is 10.5 Å². The van der Waals surface area contributed by atoms with Gasteiger partial charge in [0.25, 0.3) is 0 Å². The van der Waals surface area contributed by atoms with E-state index in [-0.39, 0.29) is 0 Å². The van der Waals surface area contributed by atoms with Gasteiger partial charge in [0.1, 0.15) is 18.1 Å². The van der Waals surface area contributed by atoms with Crippen LogP contribution in [0.3, 0.4) is 0 Å². The van der Waals surface area contributed by atoms with E-state index in [0.29, 0.717) is 18.9 Å². The Hall–Kier alpha value is -2.04. The van der Waals surface area contributed by atoms with Crippen molar-refractivity contribution in [3.8, 4) is 11.5 Å². The van der Waals surface area contributed by atoms with Crippen LogP contribution in [0.4, 0.5) is 5.69 Å². The average molecular weight is 273 g/mol. The maximum atomic E-state index is 5.89. The molecule has 106 valence electrons. The fraction of sp³-hybridized carbons (Fsp3) is 0.250. The van der Waals surface area contributed by atoms with Gasteiger partial charge in [0.2, 0.25) is 0 Å². The molecule has 0 unspecified atom stereocenters. The fourth-order valence-corrected chi connectivity index (χ4v) is 1.70. The highest BCUT2D eigenvalue weighted by Gasteiger charge is 2.04. The molecule has 0 bridgehead atoms. The lowest BCUT2D eigenvalue weighted by Gasteiger charge is -2.10. The second kappa shape index (κ2) is 6.93. The van der Waals surface area contributed by atoms with Crippen LogP contribution in [0.15, 0.2) is 42.5 Å². The predicted octanol–water partition coefficient (Wildman–Crippen LogP) is 3.84. The molecule has 0 spiro atoms. The molecule has 0 amide bonds. The standard InChI is InChI=1S/C16H19NO3/c1-3-18-19-11-13-10-15(8-9-16(13)17)20-14-6-4-12(2)5-7-14/h4-10H,3,11,17H2,1-2H3. The smallest absolute Gasteiger partial charge is 0.127 e. The summed E-state index contributed by atoms with van der Waals surface area (Å²) in [6, 6.07) is 13.4. The van der Waals surface area contributed by atoms with Crippen molar-refractivity contribution in [2.45, 2.75) is 20.5 Å². The number of aryl methyl sites for hydroxylation is 1. The summed E-state index contributed by atoms with van der Waals surface area (Å²) in [6.45, 7) is 4.70. The number of benzene rings is 2. The molecule has 0 radical (unpaired) electrons. The molecule has 0 aliphatic rings. The summed E-state index contributed by atoms with van der Waals surface area (Å²) in [5, 5.41) is 0. The lowest BCUT2D eigenvalue weighted by atomic mass is 10.2. The summed E-state index contributed by atoms with van der Waals surface area (Å²) < 4.78 is 5.78. The first-order valence-electron chi connectivity index (χ1n) is 6.56. The highest BCUT2D eigenvalue weighted by atomic mass is 17.2. The highest BCUT2D eigenvalue weighted by molar-refractivity contribution is 5.50. The molecular weight excluding hydrogens is 254 g/mol. The van der Waals surface area contributed by atoms with Crippen LogP contribution in [0, 0.1) is 6.92 Å². The zero-order valence-corrected chi connectivity index (χ0v) is 11.8. The lowest BCUT2D eigenvalue weighted by Crippen LogP contribution is -1.99. The van der Waals surface area contributed by atoms with Crippen molar-refractivity contribution in [1.29, 1.82) is 0 Å². The quantitative estimate of drug-likeness (QED) is 0.376. The minimum absolute atomic E-state index is 0.296. The number of ether oxygens (including phenoxy) is 1. The van der Waals surface area contributed by atoms with E-state index in [1.165, 1.54) is 5.56 Å². The van der Waals surface area contributed by atoms with E-state index in [0.717, 1.165) is 17.1 Å². The topological polar surface area (TPSA) is 53.7 Å². The molecule has 2 N–H and O–H groups in total. The van der Waals surface area contributed by atoms with E-state index >= 15 is 0 Å². The van der Waals surface area contributed by atoms with Crippen LogP contribution in [0.1, 0.15) is 18.1 Å². The Morgan fingerprint density at radius 3 is 2.35 bits per heavy atom. The number of anilines is 1. The van der Waals surface area contributed by atoms with Crippen molar-refractivity contribution in [2.75, 3.05) is 12.3 Å². The SMILES string of the molecule is CCOOCc1cc(Oc2ccc(C)cc2)ccc1N. The fourth-order valence-electron chi connectivity index (χ4n) is 1.70. The minimum atomic E-state index is 0.296. The van der Waals surface area contributed by atoms with E-state index in [2.05, 4.69) is 0 Å². The average Bonchev–Trinajstić information content (AvgIpc) is 2.45. The van der Waals surface area contributed by atoms with Gasteiger partial charge in [-0.2, -0.15) is 0 Å². The van der Waals surface area contributed by atoms with Crippen LogP contribution in [0.2, 0.25) is 0 Å². The van der Waals surface area contributed by atoms with Gasteiger partial charge in [0.15, 0.2) is 0 Å². The summed E-state index contributed by atoms with van der Waals surface area (Å²) in [6.07, 6.45) is 0. The first-order chi connectivity index (χ1) is 9.69. The Morgan fingerprint density at radius 1 is 0.950 bits per heavy atom. The number of hydrogen-bond acceptors (Lipinski definition) is 4.